The highest BCUT2D eigenvalue weighted by molar-refractivity contribution is 6.04. The molecule has 0 atom stereocenters. The number of nitrogens with one attached hydrogen (secondary N) is 2. The Morgan fingerprint density at radius 1 is 0.931 bits per heavy atom. The SMILES string of the molecule is O=C(Nc1ccc(C(F)(F)F)cc1)c1cncc(NCCCc2ccccc2)c1. The Hall–Kier alpha value is -3.35. The monoisotopic (exact) mass is 399 g/mol. The highest BCUT2D eigenvalue weighted by atomic mass is 19.4. The summed E-state index contributed by atoms with van der Waals surface area (Å²) in [6.45, 7) is 0.723. The fourth-order valence-electron chi connectivity index (χ4n) is 2.78. The molecule has 0 saturated carbocycles. The summed E-state index contributed by atoms with van der Waals surface area (Å²) in [5.74, 6) is -0.440. The number of halogens is 3. The Balaban J connectivity index is 1.53. The molecule has 3 aromatic rings. The molecule has 0 unspecified atom stereocenters. The maximum atomic E-state index is 12.6. The van der Waals surface area contributed by atoms with Gasteiger partial charge in [0, 0.05) is 24.6 Å². The van der Waals surface area contributed by atoms with Crippen molar-refractivity contribution < 1.29 is 18.0 Å². The van der Waals surface area contributed by atoms with Gasteiger partial charge in [0.05, 0.1) is 16.8 Å². The van der Waals surface area contributed by atoms with Crippen molar-refractivity contribution in [2.24, 2.45) is 0 Å². The van der Waals surface area contributed by atoms with Crippen LogP contribution in [0.2, 0.25) is 0 Å². The number of pyridine rings is 1. The zero-order valence-electron chi connectivity index (χ0n) is 15.5. The van der Waals surface area contributed by atoms with Gasteiger partial charge in [-0.2, -0.15) is 13.2 Å². The first-order valence-electron chi connectivity index (χ1n) is 9.13. The number of carbonyl (C=O) groups excluding carboxylic acids is 1. The van der Waals surface area contributed by atoms with Crippen LogP contribution in [-0.2, 0) is 12.6 Å². The Kier molecular flexibility index (Phi) is 6.49. The van der Waals surface area contributed by atoms with Gasteiger partial charge in [0.2, 0.25) is 0 Å². The summed E-state index contributed by atoms with van der Waals surface area (Å²) >= 11 is 0. The molecule has 1 aromatic heterocycles. The molecule has 0 radical (unpaired) electrons. The standard InChI is InChI=1S/C22H20F3N3O/c23-22(24,25)18-8-10-19(11-9-18)28-21(29)17-13-20(15-26-14-17)27-12-4-7-16-5-2-1-3-6-16/h1-3,5-6,8-11,13-15,27H,4,7,12H2,(H,28,29). The second-order valence-corrected chi connectivity index (χ2v) is 6.51. The number of nitrogens with zero attached hydrogens (tertiary/aromatic N) is 1. The van der Waals surface area contributed by atoms with Crippen LogP contribution >= 0.6 is 0 Å². The van der Waals surface area contributed by atoms with Gasteiger partial charge in [-0.1, -0.05) is 30.3 Å². The Morgan fingerprint density at radius 3 is 2.34 bits per heavy atom. The predicted molar refractivity (Wildman–Crippen MR) is 107 cm³/mol. The van der Waals surface area contributed by atoms with Gasteiger partial charge in [0.15, 0.2) is 0 Å². The highest BCUT2D eigenvalue weighted by Crippen LogP contribution is 2.29. The van der Waals surface area contributed by atoms with Crippen molar-refractivity contribution in [2.75, 3.05) is 17.2 Å². The molecule has 0 aliphatic carbocycles. The van der Waals surface area contributed by atoms with E-state index in [1.54, 1.807) is 12.3 Å². The minimum atomic E-state index is -4.41. The predicted octanol–water partition coefficient (Wildman–Crippen LogP) is 5.40. The van der Waals surface area contributed by atoms with Crippen molar-refractivity contribution in [3.05, 3.63) is 89.7 Å². The Morgan fingerprint density at radius 2 is 1.66 bits per heavy atom. The van der Waals surface area contributed by atoms with Gasteiger partial charge in [-0.25, -0.2) is 0 Å². The Labute approximate surface area is 166 Å². The molecule has 1 amide bonds. The number of rotatable bonds is 7. The van der Waals surface area contributed by atoms with Crippen molar-refractivity contribution in [2.45, 2.75) is 19.0 Å². The fourth-order valence-corrected chi connectivity index (χ4v) is 2.78. The fraction of sp³-hybridized carbons (Fsp3) is 0.182. The van der Waals surface area contributed by atoms with E-state index in [-0.39, 0.29) is 5.69 Å². The lowest BCUT2D eigenvalue weighted by Crippen LogP contribution is -2.13. The van der Waals surface area contributed by atoms with Gasteiger partial charge < -0.3 is 10.6 Å². The molecule has 0 bridgehead atoms. The third kappa shape index (κ3) is 6.07. The summed E-state index contributed by atoms with van der Waals surface area (Å²) in [7, 11) is 0. The van der Waals surface area contributed by atoms with E-state index >= 15 is 0 Å². The van der Waals surface area contributed by atoms with E-state index in [0.717, 1.165) is 31.5 Å². The summed E-state index contributed by atoms with van der Waals surface area (Å²) in [6.07, 6.45) is 0.486. The molecule has 150 valence electrons. The van der Waals surface area contributed by atoms with E-state index in [1.165, 1.54) is 23.9 Å². The maximum absolute atomic E-state index is 12.6. The number of alkyl halides is 3. The normalized spacial score (nSPS) is 11.1. The summed E-state index contributed by atoms with van der Waals surface area (Å²) in [4.78, 5) is 16.4. The molecule has 4 nitrogen and oxygen atoms in total. The second kappa shape index (κ2) is 9.23. The van der Waals surface area contributed by atoms with E-state index in [9.17, 15) is 18.0 Å². The van der Waals surface area contributed by atoms with Crippen LogP contribution in [0.15, 0.2) is 73.1 Å². The zero-order chi connectivity index (χ0) is 20.7. The number of aryl methyl sites for hydroxylation is 1. The van der Waals surface area contributed by atoms with Crippen LogP contribution in [0, 0.1) is 0 Å². The van der Waals surface area contributed by atoms with E-state index < -0.39 is 17.6 Å². The third-order valence-corrected chi connectivity index (χ3v) is 4.28. The summed E-state index contributed by atoms with van der Waals surface area (Å²) < 4.78 is 37.8. The first kappa shape index (κ1) is 20.4. The molecule has 0 saturated heterocycles. The van der Waals surface area contributed by atoms with Gasteiger partial charge in [0.1, 0.15) is 0 Å². The van der Waals surface area contributed by atoms with E-state index in [2.05, 4.69) is 27.8 Å². The van der Waals surface area contributed by atoms with Crippen LogP contribution in [0.3, 0.4) is 0 Å². The number of hydrogen-bond acceptors (Lipinski definition) is 3. The highest BCUT2D eigenvalue weighted by Gasteiger charge is 2.30. The number of amides is 1. The lowest BCUT2D eigenvalue weighted by atomic mass is 10.1. The van der Waals surface area contributed by atoms with Crippen molar-refractivity contribution in [1.29, 1.82) is 0 Å². The van der Waals surface area contributed by atoms with E-state index in [0.29, 0.717) is 11.3 Å². The molecule has 0 aliphatic rings. The first-order chi connectivity index (χ1) is 13.9. The first-order valence-corrected chi connectivity index (χ1v) is 9.13. The molecule has 0 spiro atoms. The van der Waals surface area contributed by atoms with E-state index in [1.807, 2.05) is 18.2 Å². The zero-order valence-corrected chi connectivity index (χ0v) is 15.5. The number of carbonyl (C=O) groups is 1. The van der Waals surface area contributed by atoms with E-state index in [4.69, 9.17) is 0 Å². The van der Waals surface area contributed by atoms with Crippen LogP contribution in [-0.4, -0.2) is 17.4 Å². The summed E-state index contributed by atoms with van der Waals surface area (Å²) in [5.41, 5.74) is 1.80. The average Bonchev–Trinajstić information content (AvgIpc) is 2.72. The molecule has 2 N–H and O–H groups in total. The van der Waals surface area contributed by atoms with Crippen LogP contribution in [0.25, 0.3) is 0 Å². The van der Waals surface area contributed by atoms with Crippen molar-refractivity contribution in [3.8, 4) is 0 Å². The minimum Gasteiger partial charge on any atom is -0.384 e. The second-order valence-electron chi connectivity index (χ2n) is 6.51. The van der Waals surface area contributed by atoms with Gasteiger partial charge in [-0.15, -0.1) is 0 Å². The van der Waals surface area contributed by atoms with Crippen LogP contribution in [0.4, 0.5) is 24.5 Å². The van der Waals surface area contributed by atoms with Gasteiger partial charge in [-0.3, -0.25) is 9.78 Å². The lowest BCUT2D eigenvalue weighted by molar-refractivity contribution is -0.137. The topological polar surface area (TPSA) is 54.0 Å². The molecule has 1 heterocycles. The third-order valence-electron chi connectivity index (χ3n) is 4.28. The van der Waals surface area contributed by atoms with Gasteiger partial charge in [-0.05, 0) is 48.7 Å². The molecule has 0 aliphatic heterocycles. The number of benzene rings is 2. The summed E-state index contributed by atoms with van der Waals surface area (Å²) in [6, 6.07) is 16.1. The average molecular weight is 399 g/mol. The van der Waals surface area contributed by atoms with Crippen LogP contribution in [0.5, 0.6) is 0 Å². The number of anilines is 2. The molecular weight excluding hydrogens is 379 g/mol. The molecular formula is C22H20F3N3O. The smallest absolute Gasteiger partial charge is 0.384 e. The maximum Gasteiger partial charge on any atom is 0.416 e. The van der Waals surface area contributed by atoms with Gasteiger partial charge >= 0.3 is 6.18 Å². The molecule has 0 fully saturated rings. The van der Waals surface area contributed by atoms with Crippen molar-refractivity contribution in [3.63, 3.8) is 0 Å². The molecule has 2 aromatic carbocycles. The van der Waals surface area contributed by atoms with Gasteiger partial charge in [0.25, 0.3) is 5.91 Å². The Bertz CT molecular complexity index is 942. The number of hydrogen-bond donors (Lipinski definition) is 2. The van der Waals surface area contributed by atoms with Crippen LogP contribution < -0.4 is 10.6 Å². The van der Waals surface area contributed by atoms with Crippen molar-refractivity contribution >= 4 is 17.3 Å². The van der Waals surface area contributed by atoms with Crippen LogP contribution in [0.1, 0.15) is 27.9 Å². The summed E-state index contributed by atoms with van der Waals surface area (Å²) in [5, 5.41) is 5.81. The minimum absolute atomic E-state index is 0.282. The lowest BCUT2D eigenvalue weighted by Gasteiger charge is -2.10. The quantitative estimate of drug-likeness (QED) is 0.523. The molecule has 7 heteroatoms. The molecule has 3 rings (SSSR count). The molecule has 29 heavy (non-hydrogen) atoms. The van der Waals surface area contributed by atoms with Crippen molar-refractivity contribution in [1.82, 2.24) is 4.98 Å². The largest absolute Gasteiger partial charge is 0.416 e. The number of aromatic nitrogens is 1.